The van der Waals surface area contributed by atoms with Gasteiger partial charge in [0.25, 0.3) is 0 Å². The zero-order valence-corrected chi connectivity index (χ0v) is 15.2. The first-order valence-corrected chi connectivity index (χ1v) is 9.09. The molecule has 1 fully saturated rings. The predicted octanol–water partition coefficient (Wildman–Crippen LogP) is 4.22. The minimum absolute atomic E-state index is 0.0867. The van der Waals surface area contributed by atoms with E-state index in [4.69, 9.17) is 0 Å². The van der Waals surface area contributed by atoms with Crippen LogP contribution in [0.5, 0.6) is 0 Å². The van der Waals surface area contributed by atoms with Gasteiger partial charge in [0, 0.05) is 36.1 Å². The summed E-state index contributed by atoms with van der Waals surface area (Å²) in [5, 5.41) is 6.85. The summed E-state index contributed by atoms with van der Waals surface area (Å²) in [4.78, 5) is 16.3. The third-order valence-electron chi connectivity index (χ3n) is 5.00. The Morgan fingerprint density at radius 3 is 2.74 bits per heavy atom. The van der Waals surface area contributed by atoms with Crippen LogP contribution >= 0.6 is 0 Å². The van der Waals surface area contributed by atoms with E-state index in [0.29, 0.717) is 18.7 Å². The average Bonchev–Trinajstić information content (AvgIpc) is 3.34. The Hall–Kier alpha value is -3.15. The summed E-state index contributed by atoms with van der Waals surface area (Å²) in [6, 6.07) is 12.6. The number of rotatable bonds is 5. The van der Waals surface area contributed by atoms with Gasteiger partial charge in [-0.2, -0.15) is 5.10 Å². The topological polar surface area (TPSA) is 52.2 Å². The lowest BCUT2D eigenvalue weighted by molar-refractivity contribution is 0.218. The number of nitrogens with one attached hydrogen (secondary N) is 1. The van der Waals surface area contributed by atoms with Crippen LogP contribution in [0.4, 0.5) is 14.9 Å². The zero-order valence-electron chi connectivity index (χ0n) is 15.2. The van der Waals surface area contributed by atoms with Crippen molar-refractivity contribution < 1.29 is 9.18 Å². The van der Waals surface area contributed by atoms with Crippen LogP contribution in [0.1, 0.15) is 18.1 Å². The number of H-pyrrole nitrogens is 1. The van der Waals surface area contributed by atoms with Crippen LogP contribution < -0.4 is 4.90 Å². The number of carbonyl (C=O) groups is 1. The van der Waals surface area contributed by atoms with Crippen LogP contribution in [-0.4, -0.2) is 34.2 Å². The van der Waals surface area contributed by atoms with E-state index < -0.39 is 0 Å². The molecule has 5 nitrogen and oxygen atoms in total. The molecule has 0 bridgehead atoms. The molecule has 1 aromatic heterocycles. The van der Waals surface area contributed by atoms with E-state index in [2.05, 4.69) is 23.2 Å². The molecule has 2 aromatic carbocycles. The van der Waals surface area contributed by atoms with Gasteiger partial charge >= 0.3 is 6.03 Å². The Morgan fingerprint density at radius 2 is 2.00 bits per heavy atom. The molecule has 0 atom stereocenters. The van der Waals surface area contributed by atoms with Gasteiger partial charge in [-0.1, -0.05) is 31.2 Å². The van der Waals surface area contributed by atoms with Crippen molar-refractivity contribution in [3.8, 4) is 11.1 Å². The molecule has 0 saturated carbocycles. The first kappa shape index (κ1) is 17.3. The van der Waals surface area contributed by atoms with Crippen molar-refractivity contribution in [2.75, 3.05) is 18.0 Å². The van der Waals surface area contributed by atoms with Crippen molar-refractivity contribution in [2.24, 2.45) is 0 Å². The predicted molar refractivity (Wildman–Crippen MR) is 103 cm³/mol. The minimum Gasteiger partial charge on any atom is -0.318 e. The SMILES string of the molecule is CCc1cc(N2CCN(Cc3ccccc3F)C2=O)ccc1-c1cn[nH]c1. The molecule has 1 aliphatic heterocycles. The van der Waals surface area contributed by atoms with Gasteiger partial charge in [-0.25, -0.2) is 9.18 Å². The van der Waals surface area contributed by atoms with E-state index in [9.17, 15) is 9.18 Å². The van der Waals surface area contributed by atoms with Crippen molar-refractivity contribution >= 4 is 11.7 Å². The summed E-state index contributed by atoms with van der Waals surface area (Å²) in [7, 11) is 0. The number of halogens is 1. The molecular formula is C21H21FN4O. The second-order valence-corrected chi connectivity index (χ2v) is 6.63. The maximum absolute atomic E-state index is 13.9. The Kier molecular flexibility index (Phi) is 4.62. The number of carbonyl (C=O) groups excluding carboxylic acids is 1. The monoisotopic (exact) mass is 364 g/mol. The van der Waals surface area contributed by atoms with E-state index >= 15 is 0 Å². The highest BCUT2D eigenvalue weighted by atomic mass is 19.1. The minimum atomic E-state index is -0.276. The number of urea groups is 1. The number of nitrogens with zero attached hydrogens (tertiary/aromatic N) is 3. The molecule has 27 heavy (non-hydrogen) atoms. The molecule has 6 heteroatoms. The fourth-order valence-corrected chi connectivity index (χ4v) is 3.52. The van der Waals surface area contributed by atoms with E-state index in [1.165, 1.54) is 6.07 Å². The van der Waals surface area contributed by atoms with Crippen molar-refractivity contribution in [3.63, 3.8) is 0 Å². The van der Waals surface area contributed by atoms with Crippen molar-refractivity contribution in [1.29, 1.82) is 0 Å². The third kappa shape index (κ3) is 3.30. The maximum Gasteiger partial charge on any atom is 0.324 e. The van der Waals surface area contributed by atoms with Gasteiger partial charge in [-0.3, -0.25) is 10.00 Å². The number of anilines is 1. The van der Waals surface area contributed by atoms with E-state index in [1.807, 2.05) is 18.3 Å². The van der Waals surface area contributed by atoms with Gasteiger partial charge in [0.05, 0.1) is 12.7 Å². The molecule has 138 valence electrons. The van der Waals surface area contributed by atoms with Gasteiger partial charge in [0.1, 0.15) is 5.82 Å². The Balaban J connectivity index is 1.56. The van der Waals surface area contributed by atoms with Gasteiger partial charge in [-0.15, -0.1) is 0 Å². The quantitative estimate of drug-likeness (QED) is 0.737. The number of aromatic nitrogens is 2. The number of amides is 2. The third-order valence-corrected chi connectivity index (χ3v) is 5.00. The fraction of sp³-hybridized carbons (Fsp3) is 0.238. The van der Waals surface area contributed by atoms with Gasteiger partial charge < -0.3 is 4.90 Å². The fourth-order valence-electron chi connectivity index (χ4n) is 3.52. The van der Waals surface area contributed by atoms with Crippen LogP contribution in [0.25, 0.3) is 11.1 Å². The lowest BCUT2D eigenvalue weighted by atomic mass is 9.99. The Bertz CT molecular complexity index is 955. The number of benzene rings is 2. The summed E-state index contributed by atoms with van der Waals surface area (Å²) >= 11 is 0. The normalized spacial score (nSPS) is 14.2. The molecule has 1 saturated heterocycles. The number of hydrogen-bond donors (Lipinski definition) is 1. The second kappa shape index (κ2) is 7.23. The van der Waals surface area contributed by atoms with Gasteiger partial charge in [-0.05, 0) is 35.7 Å². The Morgan fingerprint density at radius 1 is 1.15 bits per heavy atom. The number of aryl methyl sites for hydroxylation is 1. The van der Waals surface area contributed by atoms with Crippen molar-refractivity contribution in [3.05, 3.63) is 71.8 Å². The van der Waals surface area contributed by atoms with E-state index in [1.54, 1.807) is 34.2 Å². The van der Waals surface area contributed by atoms with Crippen LogP contribution in [-0.2, 0) is 13.0 Å². The van der Waals surface area contributed by atoms with Crippen LogP contribution in [0.3, 0.4) is 0 Å². The highest BCUT2D eigenvalue weighted by Gasteiger charge is 2.30. The van der Waals surface area contributed by atoms with Crippen LogP contribution in [0.15, 0.2) is 54.9 Å². The second-order valence-electron chi connectivity index (χ2n) is 6.63. The first-order valence-electron chi connectivity index (χ1n) is 9.09. The molecule has 1 N–H and O–H groups in total. The smallest absolute Gasteiger partial charge is 0.318 e. The maximum atomic E-state index is 13.9. The standard InChI is InChI=1S/C21H21FN4O/c1-2-15-11-18(7-8-19(15)17-12-23-24-13-17)26-10-9-25(21(26)27)14-16-5-3-4-6-20(16)22/h3-8,11-13H,2,9-10,14H2,1H3,(H,23,24). The first-order chi connectivity index (χ1) is 13.2. The van der Waals surface area contributed by atoms with Crippen molar-refractivity contribution in [2.45, 2.75) is 19.9 Å². The van der Waals surface area contributed by atoms with Crippen molar-refractivity contribution in [1.82, 2.24) is 15.1 Å². The Labute approximate surface area is 157 Å². The summed E-state index contributed by atoms with van der Waals surface area (Å²) in [5.74, 6) is -0.276. The molecule has 0 radical (unpaired) electrons. The molecule has 2 amide bonds. The molecule has 4 rings (SSSR count). The summed E-state index contributed by atoms with van der Waals surface area (Å²) in [6.07, 6.45) is 4.52. The zero-order chi connectivity index (χ0) is 18.8. The molecule has 1 aliphatic rings. The van der Waals surface area contributed by atoms with Gasteiger partial charge in [0.15, 0.2) is 0 Å². The largest absolute Gasteiger partial charge is 0.324 e. The van der Waals surface area contributed by atoms with Crippen LogP contribution in [0, 0.1) is 5.82 Å². The molecule has 0 unspecified atom stereocenters. The molecule has 0 aliphatic carbocycles. The average molecular weight is 364 g/mol. The lowest BCUT2D eigenvalue weighted by Gasteiger charge is -2.20. The number of aromatic amines is 1. The molecular weight excluding hydrogens is 343 g/mol. The summed E-state index contributed by atoms with van der Waals surface area (Å²) in [6.45, 7) is 3.56. The van der Waals surface area contributed by atoms with E-state index in [0.717, 1.165) is 28.8 Å². The number of hydrogen-bond acceptors (Lipinski definition) is 2. The summed E-state index contributed by atoms with van der Waals surface area (Å²) < 4.78 is 13.9. The van der Waals surface area contributed by atoms with Gasteiger partial charge in [0.2, 0.25) is 0 Å². The summed E-state index contributed by atoms with van der Waals surface area (Å²) in [5.41, 5.74) is 4.73. The van der Waals surface area contributed by atoms with E-state index in [-0.39, 0.29) is 18.4 Å². The lowest BCUT2D eigenvalue weighted by Crippen LogP contribution is -2.31. The molecule has 3 aromatic rings. The highest BCUT2D eigenvalue weighted by Crippen LogP contribution is 2.30. The highest BCUT2D eigenvalue weighted by molar-refractivity contribution is 5.94. The molecule has 0 spiro atoms. The van der Waals surface area contributed by atoms with Crippen LogP contribution in [0.2, 0.25) is 0 Å². The molecule has 2 heterocycles.